The Bertz CT molecular complexity index is 386. The summed E-state index contributed by atoms with van der Waals surface area (Å²) in [5, 5.41) is 27.3. The highest BCUT2D eigenvalue weighted by Crippen LogP contribution is 2.38. The molecule has 14 heavy (non-hydrogen) atoms. The molecule has 1 atom stereocenters. The van der Waals surface area contributed by atoms with Crippen molar-refractivity contribution < 1.29 is 14.9 Å². The molecule has 1 unspecified atom stereocenters. The van der Waals surface area contributed by atoms with E-state index < -0.39 is 6.10 Å². The highest BCUT2D eigenvalue weighted by atomic mass is 79.9. The molecule has 0 fully saturated rings. The van der Waals surface area contributed by atoms with Gasteiger partial charge in [-0.15, -0.1) is 0 Å². The average molecular weight is 258 g/mol. The quantitative estimate of drug-likeness (QED) is 0.792. The third kappa shape index (κ3) is 1.81. The fraction of sp³-hybridized carbons (Fsp3) is 0.222. The van der Waals surface area contributed by atoms with Crippen molar-refractivity contribution in [2.45, 2.75) is 6.10 Å². The number of aliphatic hydroxyl groups excluding tert-OH is 1. The van der Waals surface area contributed by atoms with Crippen molar-refractivity contribution in [1.82, 2.24) is 0 Å². The molecule has 0 aliphatic heterocycles. The van der Waals surface area contributed by atoms with Gasteiger partial charge in [-0.3, -0.25) is 0 Å². The lowest BCUT2D eigenvalue weighted by atomic mass is 10.1. The SMILES string of the molecule is COc1ccc(C(O)C#N)c(Br)c1O. The molecule has 5 heteroatoms. The third-order valence-corrected chi connectivity index (χ3v) is 2.58. The Morgan fingerprint density at radius 3 is 2.71 bits per heavy atom. The summed E-state index contributed by atoms with van der Waals surface area (Å²) < 4.78 is 5.12. The molecule has 0 aliphatic rings. The Morgan fingerprint density at radius 1 is 1.57 bits per heavy atom. The second-order valence-corrected chi connectivity index (χ2v) is 3.34. The predicted molar refractivity (Wildman–Crippen MR) is 52.9 cm³/mol. The number of phenols is 1. The lowest BCUT2D eigenvalue weighted by Crippen LogP contribution is -1.96. The molecule has 1 aromatic rings. The van der Waals surface area contributed by atoms with E-state index in [1.165, 1.54) is 19.2 Å². The van der Waals surface area contributed by atoms with Gasteiger partial charge in [0.25, 0.3) is 0 Å². The highest BCUT2D eigenvalue weighted by molar-refractivity contribution is 9.10. The molecule has 0 spiro atoms. The number of aliphatic hydroxyl groups is 1. The van der Waals surface area contributed by atoms with Gasteiger partial charge in [-0.25, -0.2) is 0 Å². The highest BCUT2D eigenvalue weighted by Gasteiger charge is 2.16. The Hall–Kier alpha value is -1.25. The number of nitrogens with zero attached hydrogens (tertiary/aromatic N) is 1. The molecule has 0 bridgehead atoms. The molecule has 0 heterocycles. The van der Waals surface area contributed by atoms with E-state index in [0.29, 0.717) is 5.56 Å². The van der Waals surface area contributed by atoms with Crippen LogP contribution in [0.4, 0.5) is 0 Å². The van der Waals surface area contributed by atoms with Crippen LogP contribution in [0.15, 0.2) is 16.6 Å². The van der Waals surface area contributed by atoms with E-state index in [1.807, 2.05) is 0 Å². The van der Waals surface area contributed by atoms with Gasteiger partial charge in [0.1, 0.15) is 0 Å². The van der Waals surface area contributed by atoms with E-state index in [9.17, 15) is 10.2 Å². The largest absolute Gasteiger partial charge is 0.503 e. The van der Waals surface area contributed by atoms with E-state index in [0.717, 1.165) is 0 Å². The number of benzene rings is 1. The second kappa shape index (κ2) is 4.31. The molecular formula is C9H8BrNO3. The first-order valence-corrected chi connectivity index (χ1v) is 4.54. The number of phenolic OH excluding ortho intramolecular Hbond substituents is 1. The van der Waals surface area contributed by atoms with Gasteiger partial charge >= 0.3 is 0 Å². The van der Waals surface area contributed by atoms with Crippen molar-refractivity contribution in [2.75, 3.05) is 7.11 Å². The predicted octanol–water partition coefficient (Wildman–Crippen LogP) is 1.72. The number of rotatable bonds is 2. The Balaban J connectivity index is 3.25. The minimum atomic E-state index is -1.26. The summed E-state index contributed by atoms with van der Waals surface area (Å²) >= 11 is 3.07. The standard InChI is InChI=1S/C9H8BrNO3/c1-14-7-3-2-5(6(12)4-11)8(10)9(7)13/h2-3,6,12-13H,1H3. The number of aromatic hydroxyl groups is 1. The molecule has 2 N–H and O–H groups in total. The number of ether oxygens (including phenoxy) is 1. The lowest BCUT2D eigenvalue weighted by molar-refractivity contribution is 0.234. The Labute approximate surface area is 89.5 Å². The number of nitriles is 1. The summed E-state index contributed by atoms with van der Waals surface area (Å²) in [6.07, 6.45) is -1.26. The van der Waals surface area contributed by atoms with E-state index in [-0.39, 0.29) is 16.0 Å². The van der Waals surface area contributed by atoms with Crippen molar-refractivity contribution in [3.63, 3.8) is 0 Å². The minimum Gasteiger partial charge on any atom is -0.503 e. The Morgan fingerprint density at radius 2 is 2.21 bits per heavy atom. The number of halogens is 1. The van der Waals surface area contributed by atoms with Crippen LogP contribution in [0.3, 0.4) is 0 Å². The zero-order valence-corrected chi connectivity index (χ0v) is 8.95. The summed E-state index contributed by atoms with van der Waals surface area (Å²) in [7, 11) is 1.42. The van der Waals surface area contributed by atoms with Crippen molar-refractivity contribution in [3.05, 3.63) is 22.2 Å². The molecule has 0 radical (unpaired) electrons. The molecule has 0 saturated heterocycles. The molecular weight excluding hydrogens is 250 g/mol. The maximum absolute atomic E-state index is 9.53. The fourth-order valence-corrected chi connectivity index (χ4v) is 1.55. The van der Waals surface area contributed by atoms with Gasteiger partial charge in [-0.1, -0.05) is 6.07 Å². The van der Waals surface area contributed by atoms with Crippen molar-refractivity contribution in [3.8, 4) is 17.6 Å². The van der Waals surface area contributed by atoms with Crippen molar-refractivity contribution in [1.29, 1.82) is 5.26 Å². The summed E-state index contributed by atoms with van der Waals surface area (Å²) in [4.78, 5) is 0. The van der Waals surface area contributed by atoms with Crippen molar-refractivity contribution >= 4 is 15.9 Å². The smallest absolute Gasteiger partial charge is 0.172 e. The van der Waals surface area contributed by atoms with Gasteiger partial charge < -0.3 is 14.9 Å². The normalized spacial score (nSPS) is 11.9. The first kappa shape index (κ1) is 10.8. The fourth-order valence-electron chi connectivity index (χ4n) is 1.01. The maximum Gasteiger partial charge on any atom is 0.172 e. The third-order valence-electron chi connectivity index (χ3n) is 1.75. The monoisotopic (exact) mass is 257 g/mol. The topological polar surface area (TPSA) is 73.5 Å². The first-order valence-electron chi connectivity index (χ1n) is 3.74. The van der Waals surface area contributed by atoms with E-state index >= 15 is 0 Å². The zero-order chi connectivity index (χ0) is 10.7. The second-order valence-electron chi connectivity index (χ2n) is 2.55. The number of methoxy groups -OCH3 is 1. The van der Waals surface area contributed by atoms with Crippen LogP contribution in [0.1, 0.15) is 11.7 Å². The lowest BCUT2D eigenvalue weighted by Gasteiger charge is -2.10. The molecule has 0 aromatic heterocycles. The molecule has 0 aliphatic carbocycles. The van der Waals surface area contributed by atoms with Gasteiger partial charge in [0.15, 0.2) is 17.6 Å². The van der Waals surface area contributed by atoms with Crippen LogP contribution >= 0.6 is 15.9 Å². The first-order chi connectivity index (χ1) is 6.61. The maximum atomic E-state index is 9.53. The van der Waals surface area contributed by atoms with Crippen LogP contribution in [-0.4, -0.2) is 17.3 Å². The van der Waals surface area contributed by atoms with Crippen LogP contribution in [0.2, 0.25) is 0 Å². The van der Waals surface area contributed by atoms with Crippen LogP contribution in [0, 0.1) is 11.3 Å². The molecule has 4 nitrogen and oxygen atoms in total. The zero-order valence-electron chi connectivity index (χ0n) is 7.36. The van der Waals surface area contributed by atoms with Gasteiger partial charge in [-0.2, -0.15) is 5.26 Å². The van der Waals surface area contributed by atoms with Crippen LogP contribution in [0.5, 0.6) is 11.5 Å². The van der Waals surface area contributed by atoms with E-state index in [2.05, 4.69) is 15.9 Å². The summed E-state index contributed by atoms with van der Waals surface area (Å²) in [5.74, 6) is 0.157. The minimum absolute atomic E-state index is 0.126. The average Bonchev–Trinajstić information content (AvgIpc) is 2.21. The van der Waals surface area contributed by atoms with Gasteiger partial charge in [0.05, 0.1) is 17.7 Å². The molecule has 1 rings (SSSR count). The molecule has 0 saturated carbocycles. The number of hydrogen-bond acceptors (Lipinski definition) is 4. The van der Waals surface area contributed by atoms with Gasteiger partial charge in [0, 0.05) is 5.56 Å². The Kier molecular flexibility index (Phi) is 3.33. The van der Waals surface area contributed by atoms with E-state index in [1.54, 1.807) is 6.07 Å². The van der Waals surface area contributed by atoms with Crippen LogP contribution in [-0.2, 0) is 0 Å². The van der Waals surface area contributed by atoms with Gasteiger partial charge in [0.2, 0.25) is 0 Å². The summed E-state index contributed by atoms with van der Waals surface area (Å²) in [5.41, 5.74) is 0.311. The summed E-state index contributed by atoms with van der Waals surface area (Å²) in [6, 6.07) is 4.65. The number of hydrogen-bond donors (Lipinski definition) is 2. The summed E-state index contributed by atoms with van der Waals surface area (Å²) in [6.45, 7) is 0. The van der Waals surface area contributed by atoms with Gasteiger partial charge in [-0.05, 0) is 22.0 Å². The molecule has 0 amide bonds. The van der Waals surface area contributed by atoms with Crippen LogP contribution < -0.4 is 4.74 Å². The van der Waals surface area contributed by atoms with E-state index in [4.69, 9.17) is 10.00 Å². The molecule has 74 valence electrons. The van der Waals surface area contributed by atoms with Crippen LogP contribution in [0.25, 0.3) is 0 Å². The van der Waals surface area contributed by atoms with Crippen molar-refractivity contribution in [2.24, 2.45) is 0 Å². The molecule has 1 aromatic carbocycles.